The lowest BCUT2D eigenvalue weighted by molar-refractivity contribution is 0.832. The lowest BCUT2D eigenvalue weighted by atomic mass is 9.76. The first kappa shape index (κ1) is 29.0. The smallest absolute Gasteiger partial charge is 0.0217 e. The molecule has 2 atom stereocenters. The van der Waals surface area contributed by atoms with Gasteiger partial charge >= 0.3 is 0 Å². The van der Waals surface area contributed by atoms with E-state index in [0.29, 0.717) is 5.92 Å². The van der Waals surface area contributed by atoms with Crippen molar-refractivity contribution >= 4 is 87.9 Å². The second kappa shape index (κ2) is 10.3. The average Bonchev–Trinajstić information content (AvgIpc) is 3.98. The quantitative estimate of drug-likeness (QED) is 0.126. The van der Waals surface area contributed by atoms with Crippen molar-refractivity contribution in [3.8, 4) is 11.1 Å². The molecule has 1 saturated carbocycles. The Kier molecular flexibility index (Phi) is 5.55. The highest BCUT2D eigenvalue weighted by Crippen LogP contribution is 2.60. The van der Waals surface area contributed by atoms with Gasteiger partial charge in [0.25, 0.3) is 0 Å². The molecule has 4 aliphatic carbocycles. The van der Waals surface area contributed by atoms with Crippen molar-refractivity contribution in [2.45, 2.75) is 18.3 Å². The summed E-state index contributed by atoms with van der Waals surface area (Å²) in [6.45, 7) is 0. The largest absolute Gasteiger partial charge is 0.0801 e. The summed E-state index contributed by atoms with van der Waals surface area (Å²) in [5, 5.41) is 18.7. The standard InChI is InChI=1S/C54H34/c1-4-12-40-32(8-1)16-18-37-28-49-35(26-47(37)40)10-3-6-14-42(49)45-24-25-54-31-39(54)30-51-44(22-20-34-21-23-46(45)53(54)52(34)51)43-15-7-11-36-27-48-38(29-50(36)43)19-17-33-9-2-5-13-41(33)48/h1-5,7-30,39H,6,31H2. The summed E-state index contributed by atoms with van der Waals surface area (Å²) in [5.74, 6) is 0.518. The Balaban J connectivity index is 1.05. The van der Waals surface area contributed by atoms with Crippen LogP contribution in [0.25, 0.3) is 99.1 Å². The molecule has 13 rings (SSSR count). The Morgan fingerprint density at radius 1 is 0.500 bits per heavy atom. The van der Waals surface area contributed by atoms with Gasteiger partial charge in [-0.25, -0.2) is 0 Å². The maximum absolute atomic E-state index is 2.62. The maximum Gasteiger partial charge on any atom is 0.0217 e. The van der Waals surface area contributed by atoms with E-state index in [1.165, 1.54) is 115 Å². The van der Waals surface area contributed by atoms with Crippen molar-refractivity contribution in [2.75, 3.05) is 0 Å². The van der Waals surface area contributed by atoms with E-state index >= 15 is 0 Å². The predicted octanol–water partition coefficient (Wildman–Crippen LogP) is 12.5. The van der Waals surface area contributed by atoms with Crippen LogP contribution in [0.5, 0.6) is 0 Å². The highest BCUT2D eigenvalue weighted by atomic mass is 14.6. The Morgan fingerprint density at radius 3 is 2.04 bits per heavy atom. The summed E-state index contributed by atoms with van der Waals surface area (Å²) in [6, 6.07) is 52.8. The zero-order valence-corrected chi connectivity index (χ0v) is 29.7. The molecule has 0 heterocycles. The third-order valence-corrected chi connectivity index (χ3v) is 13.2. The molecule has 4 aliphatic rings. The fourth-order valence-electron chi connectivity index (χ4n) is 10.6. The molecular formula is C54H34. The van der Waals surface area contributed by atoms with E-state index in [9.17, 15) is 0 Å². The van der Waals surface area contributed by atoms with Crippen LogP contribution in [0.2, 0.25) is 0 Å². The summed E-state index contributed by atoms with van der Waals surface area (Å²) >= 11 is 0. The topological polar surface area (TPSA) is 0 Å². The summed E-state index contributed by atoms with van der Waals surface area (Å²) in [7, 11) is 0. The fourth-order valence-corrected chi connectivity index (χ4v) is 10.6. The van der Waals surface area contributed by atoms with E-state index in [1.807, 2.05) is 0 Å². The van der Waals surface area contributed by atoms with Crippen LogP contribution >= 0.6 is 0 Å². The molecule has 0 nitrogen and oxygen atoms in total. The van der Waals surface area contributed by atoms with Crippen LogP contribution in [-0.4, -0.2) is 0 Å². The third-order valence-electron chi connectivity index (χ3n) is 13.2. The van der Waals surface area contributed by atoms with E-state index in [1.54, 1.807) is 5.56 Å². The highest BCUT2D eigenvalue weighted by molar-refractivity contribution is 6.16. The van der Waals surface area contributed by atoms with Crippen LogP contribution in [0.15, 0.2) is 164 Å². The first-order valence-corrected chi connectivity index (χ1v) is 19.4. The number of rotatable bonds is 2. The molecule has 0 saturated heterocycles. The van der Waals surface area contributed by atoms with Crippen molar-refractivity contribution < 1.29 is 0 Å². The SMILES string of the molecule is C1=Cc2cc3c(ccc4ccccc43)cc2C(C2=c3ccc4ccc(-c5cccc6cc7c(ccc8ccccc87)cc56)c5c4c3C3(C=C2)CC3C=5)=CC1. The second-order valence-electron chi connectivity index (χ2n) is 16.0. The van der Waals surface area contributed by atoms with E-state index in [0.717, 1.165) is 6.42 Å². The summed E-state index contributed by atoms with van der Waals surface area (Å²) in [6.07, 6.45) is 16.9. The number of allylic oxidation sites excluding steroid dienone is 5. The molecule has 1 spiro atoms. The highest BCUT2D eigenvalue weighted by Gasteiger charge is 2.56. The number of hydrogen-bond acceptors (Lipinski definition) is 0. The van der Waals surface area contributed by atoms with Crippen LogP contribution in [0.3, 0.4) is 0 Å². The maximum atomic E-state index is 2.62. The molecule has 54 heavy (non-hydrogen) atoms. The lowest BCUT2D eigenvalue weighted by Gasteiger charge is -2.27. The van der Waals surface area contributed by atoms with Gasteiger partial charge < -0.3 is 0 Å². The van der Waals surface area contributed by atoms with Gasteiger partial charge in [-0.15, -0.1) is 0 Å². The van der Waals surface area contributed by atoms with Crippen LogP contribution in [0, 0.1) is 5.92 Å². The zero-order chi connectivity index (χ0) is 35.1. The molecule has 0 aliphatic heterocycles. The second-order valence-corrected chi connectivity index (χ2v) is 16.0. The Bertz CT molecular complexity index is 3440. The summed E-state index contributed by atoms with van der Waals surface area (Å²) in [4.78, 5) is 0. The molecule has 9 aromatic rings. The van der Waals surface area contributed by atoms with E-state index in [4.69, 9.17) is 0 Å². The molecule has 0 heteroatoms. The van der Waals surface area contributed by atoms with Crippen LogP contribution in [0.4, 0.5) is 0 Å². The molecule has 250 valence electrons. The minimum atomic E-state index is 0.0919. The fraction of sp³-hybridized carbons (Fsp3) is 0.0741. The molecule has 0 radical (unpaired) electrons. The van der Waals surface area contributed by atoms with Gasteiger partial charge in [-0.1, -0.05) is 152 Å². The predicted molar refractivity (Wildman–Crippen MR) is 231 cm³/mol. The molecule has 1 fully saturated rings. The summed E-state index contributed by atoms with van der Waals surface area (Å²) in [5.41, 5.74) is 9.65. The monoisotopic (exact) mass is 682 g/mol. The van der Waals surface area contributed by atoms with Gasteiger partial charge in [-0.2, -0.15) is 0 Å². The molecule has 0 bridgehead atoms. The van der Waals surface area contributed by atoms with Crippen molar-refractivity contribution in [3.63, 3.8) is 0 Å². The van der Waals surface area contributed by atoms with Crippen LogP contribution < -0.4 is 10.4 Å². The Morgan fingerprint density at radius 2 is 1.19 bits per heavy atom. The summed E-state index contributed by atoms with van der Waals surface area (Å²) < 4.78 is 0. The van der Waals surface area contributed by atoms with Crippen molar-refractivity contribution in [1.29, 1.82) is 0 Å². The molecule has 0 amide bonds. The van der Waals surface area contributed by atoms with E-state index in [2.05, 4.69) is 176 Å². The number of fused-ring (bicyclic) bond motifs is 8. The van der Waals surface area contributed by atoms with Crippen molar-refractivity contribution in [1.82, 2.24) is 0 Å². The normalized spacial score (nSPS) is 19.3. The zero-order valence-electron chi connectivity index (χ0n) is 29.7. The first-order valence-electron chi connectivity index (χ1n) is 19.4. The first-order chi connectivity index (χ1) is 26.7. The van der Waals surface area contributed by atoms with Crippen LogP contribution in [-0.2, 0) is 5.41 Å². The van der Waals surface area contributed by atoms with Gasteiger partial charge in [0.15, 0.2) is 0 Å². The third kappa shape index (κ3) is 3.82. The average molecular weight is 683 g/mol. The minimum Gasteiger partial charge on any atom is -0.0801 e. The molecule has 2 unspecified atom stereocenters. The molecule has 0 aromatic heterocycles. The lowest BCUT2D eigenvalue weighted by Crippen LogP contribution is -2.30. The van der Waals surface area contributed by atoms with Crippen molar-refractivity contribution in [3.05, 3.63) is 191 Å². The van der Waals surface area contributed by atoms with Gasteiger partial charge in [0, 0.05) is 5.41 Å². The van der Waals surface area contributed by atoms with E-state index < -0.39 is 0 Å². The molecule has 9 aromatic carbocycles. The molecule has 0 N–H and O–H groups in total. The number of benzene rings is 9. The molecular weight excluding hydrogens is 649 g/mol. The van der Waals surface area contributed by atoms with Gasteiger partial charge in [0.05, 0.1) is 0 Å². The number of hydrogen-bond donors (Lipinski definition) is 0. The Hall–Kier alpha value is -6.50. The van der Waals surface area contributed by atoms with Crippen molar-refractivity contribution in [2.24, 2.45) is 5.92 Å². The van der Waals surface area contributed by atoms with Gasteiger partial charge in [-0.3, -0.25) is 0 Å². The van der Waals surface area contributed by atoms with Crippen LogP contribution in [0.1, 0.15) is 29.5 Å². The van der Waals surface area contributed by atoms with Gasteiger partial charge in [0.2, 0.25) is 0 Å². The van der Waals surface area contributed by atoms with E-state index in [-0.39, 0.29) is 5.41 Å². The van der Waals surface area contributed by atoms with Gasteiger partial charge in [0.1, 0.15) is 0 Å². The Labute approximate surface area is 313 Å². The minimum absolute atomic E-state index is 0.0919. The van der Waals surface area contributed by atoms with Gasteiger partial charge in [-0.05, 0) is 157 Å².